The van der Waals surface area contributed by atoms with Crippen molar-refractivity contribution in [3.63, 3.8) is 0 Å². The van der Waals surface area contributed by atoms with Crippen molar-refractivity contribution in [2.24, 2.45) is 5.92 Å². The molecule has 2 aromatic carbocycles. The Morgan fingerprint density at radius 3 is 2.25 bits per heavy atom. The van der Waals surface area contributed by atoms with Crippen LogP contribution < -0.4 is 0 Å². The van der Waals surface area contributed by atoms with E-state index in [4.69, 9.17) is 0 Å². The molecule has 0 N–H and O–H groups in total. The Balaban J connectivity index is 0.000000199. The van der Waals surface area contributed by atoms with Gasteiger partial charge in [-0.25, -0.2) is 0 Å². The Hall–Kier alpha value is -2.88. The number of carbonyl (C=O) groups excluding carboxylic acids is 2. The smallest absolute Gasteiger partial charge is 0.222 e. The van der Waals surface area contributed by atoms with Crippen LogP contribution in [0.3, 0.4) is 0 Å². The maximum atomic E-state index is 10.5. The van der Waals surface area contributed by atoms with Crippen LogP contribution in [0.15, 0.2) is 42.5 Å². The van der Waals surface area contributed by atoms with Gasteiger partial charge in [0.2, 0.25) is 12.3 Å². The highest BCUT2D eigenvalue weighted by Gasteiger charge is 2.23. The third kappa shape index (κ3) is 5.48. The van der Waals surface area contributed by atoms with Gasteiger partial charge in [-0.15, -0.1) is 0 Å². The monoisotopic (exact) mass is 432 g/mol. The van der Waals surface area contributed by atoms with E-state index in [1.807, 2.05) is 7.05 Å². The number of allylic oxidation sites excluding steroid dienone is 2. The molecule has 0 aromatic heterocycles. The average Bonchev–Trinajstić information content (AvgIpc) is 3.16. The van der Waals surface area contributed by atoms with Gasteiger partial charge in [0.25, 0.3) is 0 Å². The summed E-state index contributed by atoms with van der Waals surface area (Å²) in [6.07, 6.45) is 8.58. The van der Waals surface area contributed by atoms with Crippen LogP contribution >= 0.6 is 0 Å². The Labute approximate surface area is 192 Å². The summed E-state index contributed by atoms with van der Waals surface area (Å²) >= 11 is 0. The van der Waals surface area contributed by atoms with E-state index in [0.29, 0.717) is 11.8 Å². The lowest BCUT2D eigenvalue weighted by Gasteiger charge is -2.28. The molecule has 0 radical (unpaired) electrons. The van der Waals surface area contributed by atoms with Crippen LogP contribution in [0.2, 0.25) is 0 Å². The van der Waals surface area contributed by atoms with E-state index < -0.39 is 0 Å². The molecule has 1 atom stereocenters. The fourth-order valence-electron chi connectivity index (χ4n) is 4.77. The number of likely N-dealkylation sites (tertiary alicyclic amines) is 1. The number of hydrogen-bond donors (Lipinski definition) is 0. The zero-order valence-electron chi connectivity index (χ0n) is 20.1. The second-order valence-electron chi connectivity index (χ2n) is 9.29. The number of hydrogen-bond acceptors (Lipinski definition) is 2. The van der Waals surface area contributed by atoms with Crippen molar-refractivity contribution in [3.05, 3.63) is 64.7 Å². The summed E-state index contributed by atoms with van der Waals surface area (Å²) in [5, 5.41) is 0. The first-order chi connectivity index (χ1) is 15.3. The largest absolute Gasteiger partial charge is 0.351 e. The summed E-state index contributed by atoms with van der Waals surface area (Å²) in [5.74, 6) is 0.964. The van der Waals surface area contributed by atoms with E-state index in [0.717, 1.165) is 25.8 Å². The Morgan fingerprint density at radius 2 is 1.66 bits per heavy atom. The van der Waals surface area contributed by atoms with Gasteiger partial charge in [-0.3, -0.25) is 9.59 Å². The van der Waals surface area contributed by atoms with Crippen LogP contribution in [0.1, 0.15) is 48.9 Å². The SMILES string of the molecule is CC1=CC(C)Cc2c1ccc1c2CCc2ccccc2-1.CN(C)C=O.CN1CCCC1=O. The molecule has 0 spiro atoms. The van der Waals surface area contributed by atoms with Crippen molar-refractivity contribution in [3.8, 4) is 11.1 Å². The number of benzene rings is 2. The summed E-state index contributed by atoms with van der Waals surface area (Å²) in [6.45, 7) is 5.55. The minimum Gasteiger partial charge on any atom is -0.351 e. The van der Waals surface area contributed by atoms with Gasteiger partial charge >= 0.3 is 0 Å². The molecule has 3 aliphatic rings. The summed E-state index contributed by atoms with van der Waals surface area (Å²) in [4.78, 5) is 23.1. The quantitative estimate of drug-likeness (QED) is 0.596. The molecule has 1 aliphatic heterocycles. The first-order valence-corrected chi connectivity index (χ1v) is 11.6. The molecule has 0 saturated carbocycles. The van der Waals surface area contributed by atoms with E-state index in [-0.39, 0.29) is 0 Å². The molecule has 2 amide bonds. The lowest BCUT2D eigenvalue weighted by Crippen LogP contribution is -2.17. The normalized spacial score (nSPS) is 18.0. The zero-order valence-corrected chi connectivity index (χ0v) is 20.1. The molecule has 4 nitrogen and oxygen atoms in total. The highest BCUT2D eigenvalue weighted by atomic mass is 16.2. The lowest BCUT2D eigenvalue weighted by molar-refractivity contribution is -0.126. The van der Waals surface area contributed by atoms with E-state index in [1.165, 1.54) is 52.0 Å². The lowest BCUT2D eigenvalue weighted by atomic mass is 9.76. The van der Waals surface area contributed by atoms with E-state index in [2.05, 4.69) is 56.3 Å². The molecular weight excluding hydrogens is 396 g/mol. The highest BCUT2D eigenvalue weighted by molar-refractivity contribution is 5.80. The van der Waals surface area contributed by atoms with Crippen molar-refractivity contribution in [2.45, 2.75) is 46.0 Å². The van der Waals surface area contributed by atoms with Crippen molar-refractivity contribution < 1.29 is 9.59 Å². The van der Waals surface area contributed by atoms with Crippen molar-refractivity contribution >= 4 is 17.9 Å². The number of fused-ring (bicyclic) bond motifs is 5. The highest BCUT2D eigenvalue weighted by Crippen LogP contribution is 2.40. The number of rotatable bonds is 1. The first-order valence-electron chi connectivity index (χ1n) is 11.6. The van der Waals surface area contributed by atoms with Crippen LogP contribution in [-0.4, -0.2) is 49.8 Å². The number of nitrogens with zero attached hydrogens (tertiary/aromatic N) is 2. The van der Waals surface area contributed by atoms with Gasteiger partial charge in [-0.05, 0) is 77.5 Å². The minimum atomic E-state index is 0.292. The maximum Gasteiger partial charge on any atom is 0.222 e. The van der Waals surface area contributed by atoms with E-state index >= 15 is 0 Å². The third-order valence-electron chi connectivity index (χ3n) is 6.39. The predicted molar refractivity (Wildman–Crippen MR) is 132 cm³/mol. The van der Waals surface area contributed by atoms with Gasteiger partial charge in [0.1, 0.15) is 0 Å². The fourth-order valence-corrected chi connectivity index (χ4v) is 4.77. The Morgan fingerprint density at radius 1 is 0.969 bits per heavy atom. The van der Waals surface area contributed by atoms with Gasteiger partial charge in [0, 0.05) is 34.1 Å². The standard InChI is InChI=1S/C20H20.C5H9NO.C3H7NO/c1-13-11-14(2)16-9-10-18-17-6-4-3-5-15(17)7-8-19(18)20(16)12-13;1-6-4-2-3-5(6)7;1-4(2)3-5/h3-6,9-11,13H,7-8,12H2,1-2H3;2-4H2,1H3;3H,1-2H3. The maximum absolute atomic E-state index is 10.5. The molecule has 5 rings (SSSR count). The molecule has 1 saturated heterocycles. The van der Waals surface area contributed by atoms with Crippen molar-refractivity contribution in [2.75, 3.05) is 27.7 Å². The van der Waals surface area contributed by atoms with Gasteiger partial charge in [-0.1, -0.05) is 49.4 Å². The summed E-state index contributed by atoms with van der Waals surface area (Å²) in [6, 6.07) is 13.6. The van der Waals surface area contributed by atoms with Crippen LogP contribution in [0, 0.1) is 5.92 Å². The second-order valence-corrected chi connectivity index (χ2v) is 9.29. The van der Waals surface area contributed by atoms with Crippen molar-refractivity contribution in [1.82, 2.24) is 9.80 Å². The van der Waals surface area contributed by atoms with Crippen LogP contribution in [0.5, 0.6) is 0 Å². The van der Waals surface area contributed by atoms with E-state index in [9.17, 15) is 9.59 Å². The van der Waals surface area contributed by atoms with Gasteiger partial charge in [0.05, 0.1) is 0 Å². The molecule has 2 aliphatic carbocycles. The van der Waals surface area contributed by atoms with E-state index in [1.54, 1.807) is 30.1 Å². The van der Waals surface area contributed by atoms with Gasteiger partial charge in [0.15, 0.2) is 0 Å². The van der Waals surface area contributed by atoms with Crippen LogP contribution in [-0.2, 0) is 28.9 Å². The second kappa shape index (κ2) is 10.6. The summed E-state index contributed by atoms with van der Waals surface area (Å²) in [7, 11) is 5.22. The number of amides is 2. The molecule has 1 heterocycles. The summed E-state index contributed by atoms with van der Waals surface area (Å²) in [5.41, 5.74) is 10.6. The molecule has 170 valence electrons. The third-order valence-corrected chi connectivity index (χ3v) is 6.39. The summed E-state index contributed by atoms with van der Waals surface area (Å²) < 4.78 is 0. The number of carbonyl (C=O) groups is 2. The molecule has 4 heteroatoms. The van der Waals surface area contributed by atoms with Gasteiger partial charge < -0.3 is 9.80 Å². The minimum absolute atomic E-state index is 0.292. The molecule has 2 aromatic rings. The molecule has 32 heavy (non-hydrogen) atoms. The predicted octanol–water partition coefficient (Wildman–Crippen LogP) is 4.99. The first kappa shape index (κ1) is 23.8. The fraction of sp³-hybridized carbons (Fsp3) is 0.429. The number of aryl methyl sites for hydroxylation is 1. The Kier molecular flexibility index (Phi) is 7.89. The molecule has 0 bridgehead atoms. The molecule has 1 fully saturated rings. The topological polar surface area (TPSA) is 40.6 Å². The average molecular weight is 433 g/mol. The zero-order chi connectivity index (χ0) is 23.3. The van der Waals surface area contributed by atoms with Crippen LogP contribution in [0.4, 0.5) is 0 Å². The molecular formula is C28H36N2O2. The van der Waals surface area contributed by atoms with Gasteiger partial charge in [-0.2, -0.15) is 0 Å². The molecule has 1 unspecified atom stereocenters. The Bertz CT molecular complexity index is 1010. The van der Waals surface area contributed by atoms with Crippen LogP contribution in [0.25, 0.3) is 16.7 Å². The van der Waals surface area contributed by atoms with Crippen molar-refractivity contribution in [1.29, 1.82) is 0 Å².